The third-order valence-corrected chi connectivity index (χ3v) is 9.59. The lowest BCUT2D eigenvalue weighted by atomic mass is 10.00. The zero-order chi connectivity index (χ0) is 32.3. The smallest absolute Gasteiger partial charge is 0.164 e. The second-order valence-electron chi connectivity index (χ2n) is 12.5. The molecule has 10 aromatic rings. The fourth-order valence-corrected chi connectivity index (χ4v) is 7.28. The molecule has 0 N–H and O–H groups in total. The largest absolute Gasteiger partial charge is 0.309 e. The molecule has 10 rings (SSSR count). The van der Waals surface area contributed by atoms with Gasteiger partial charge in [0.25, 0.3) is 0 Å². The molecule has 0 fully saturated rings. The predicted octanol–water partition coefficient (Wildman–Crippen LogP) is 11.4. The van der Waals surface area contributed by atoms with Crippen molar-refractivity contribution in [2.75, 3.05) is 0 Å². The van der Waals surface area contributed by atoms with Gasteiger partial charge in [0.05, 0.1) is 11.0 Å². The van der Waals surface area contributed by atoms with Gasteiger partial charge in [0, 0.05) is 33.2 Å². The van der Waals surface area contributed by atoms with Crippen molar-refractivity contribution >= 4 is 54.1 Å². The van der Waals surface area contributed by atoms with E-state index in [9.17, 15) is 0 Å². The van der Waals surface area contributed by atoms with Gasteiger partial charge in [-0.15, -0.1) is 0 Å². The van der Waals surface area contributed by atoms with Crippen LogP contribution in [0.1, 0.15) is 0 Å². The number of fused-ring (bicyclic) bond motifs is 8. The summed E-state index contributed by atoms with van der Waals surface area (Å²) in [5, 5.41) is 9.89. The van der Waals surface area contributed by atoms with Crippen molar-refractivity contribution in [3.63, 3.8) is 0 Å². The van der Waals surface area contributed by atoms with E-state index in [1.165, 1.54) is 43.4 Å². The predicted molar refractivity (Wildman–Crippen MR) is 203 cm³/mol. The summed E-state index contributed by atoms with van der Waals surface area (Å²) in [6.07, 6.45) is 0. The second-order valence-corrected chi connectivity index (χ2v) is 12.5. The molecule has 0 saturated heterocycles. The molecule has 0 bridgehead atoms. The first-order valence-electron chi connectivity index (χ1n) is 16.5. The Balaban J connectivity index is 1.15. The van der Waals surface area contributed by atoms with Crippen molar-refractivity contribution in [3.8, 4) is 39.9 Å². The number of aromatic nitrogens is 4. The maximum absolute atomic E-state index is 4.96. The second kappa shape index (κ2) is 11.0. The van der Waals surface area contributed by atoms with Gasteiger partial charge in [-0.1, -0.05) is 140 Å². The minimum absolute atomic E-state index is 0.653. The number of benzene rings is 8. The Morgan fingerprint density at radius 1 is 0.327 bits per heavy atom. The van der Waals surface area contributed by atoms with Gasteiger partial charge < -0.3 is 4.57 Å². The summed E-state index contributed by atoms with van der Waals surface area (Å²) in [4.78, 5) is 14.8. The SMILES string of the molecule is c1ccc(-c2nc(-c3ccccc3)nc(-c3ccc4cc(-n5c6ccc7ccccc7c6c6c7ccccc7ccc65)ccc4c3)n2)cc1. The Morgan fingerprint density at radius 3 is 1.35 bits per heavy atom. The van der Waals surface area contributed by atoms with Crippen LogP contribution in [0, 0.1) is 0 Å². The van der Waals surface area contributed by atoms with Gasteiger partial charge in [0.2, 0.25) is 0 Å². The van der Waals surface area contributed by atoms with Gasteiger partial charge in [-0.2, -0.15) is 0 Å². The molecule has 228 valence electrons. The van der Waals surface area contributed by atoms with E-state index in [0.29, 0.717) is 17.5 Å². The van der Waals surface area contributed by atoms with E-state index in [1.54, 1.807) is 0 Å². The number of hydrogen-bond donors (Lipinski definition) is 0. The van der Waals surface area contributed by atoms with Crippen LogP contribution in [0.4, 0.5) is 0 Å². The Bertz CT molecular complexity index is 2720. The summed E-state index contributed by atoms with van der Waals surface area (Å²) in [6.45, 7) is 0. The highest BCUT2D eigenvalue weighted by Gasteiger charge is 2.18. The van der Waals surface area contributed by atoms with Crippen molar-refractivity contribution in [2.45, 2.75) is 0 Å². The van der Waals surface area contributed by atoms with Gasteiger partial charge in [-0.05, 0) is 62.6 Å². The molecule has 0 amide bonds. The Kier molecular flexibility index (Phi) is 6.15. The molecule has 4 nitrogen and oxygen atoms in total. The molecule has 49 heavy (non-hydrogen) atoms. The minimum atomic E-state index is 0.653. The molecule has 0 aliphatic carbocycles. The molecule has 0 aliphatic rings. The summed E-state index contributed by atoms with van der Waals surface area (Å²) >= 11 is 0. The van der Waals surface area contributed by atoms with Gasteiger partial charge in [-0.25, -0.2) is 15.0 Å². The normalized spacial score (nSPS) is 11.7. The fourth-order valence-electron chi connectivity index (χ4n) is 7.28. The lowest BCUT2D eigenvalue weighted by Gasteiger charge is -2.11. The zero-order valence-electron chi connectivity index (χ0n) is 26.5. The lowest BCUT2D eigenvalue weighted by Crippen LogP contribution is -2.00. The standard InChI is InChI=1S/C45H28N4/c1-3-13-31(14-4-1)43-46-44(32-15-5-2-6-16-32)48-45(47-43)35-20-19-34-28-36(24-21-33(34)27-35)49-39-25-22-29-11-7-9-17-37(29)41(39)42-38-18-10-8-12-30(38)23-26-40(42)49/h1-28H. The van der Waals surface area contributed by atoms with Crippen LogP contribution >= 0.6 is 0 Å². The Morgan fingerprint density at radius 2 is 0.776 bits per heavy atom. The highest BCUT2D eigenvalue weighted by molar-refractivity contribution is 6.28. The third-order valence-electron chi connectivity index (χ3n) is 9.59. The first kappa shape index (κ1) is 27.5. The van der Waals surface area contributed by atoms with Gasteiger partial charge in [0.1, 0.15) is 0 Å². The van der Waals surface area contributed by atoms with E-state index in [2.05, 4.69) is 114 Å². The van der Waals surface area contributed by atoms with Gasteiger partial charge in [-0.3, -0.25) is 0 Å². The van der Waals surface area contributed by atoms with Crippen molar-refractivity contribution < 1.29 is 0 Å². The highest BCUT2D eigenvalue weighted by Crippen LogP contribution is 2.41. The topological polar surface area (TPSA) is 43.6 Å². The minimum Gasteiger partial charge on any atom is -0.309 e. The van der Waals surface area contributed by atoms with E-state index < -0.39 is 0 Å². The summed E-state index contributed by atoms with van der Waals surface area (Å²) < 4.78 is 2.42. The fraction of sp³-hybridized carbons (Fsp3) is 0. The van der Waals surface area contributed by atoms with Crippen LogP contribution in [-0.4, -0.2) is 19.5 Å². The highest BCUT2D eigenvalue weighted by atomic mass is 15.0. The maximum Gasteiger partial charge on any atom is 0.164 e. The van der Waals surface area contributed by atoms with Gasteiger partial charge in [0.15, 0.2) is 17.5 Å². The molecule has 0 radical (unpaired) electrons. The molecule has 0 atom stereocenters. The van der Waals surface area contributed by atoms with E-state index in [4.69, 9.17) is 15.0 Å². The van der Waals surface area contributed by atoms with E-state index in [0.717, 1.165) is 33.2 Å². The van der Waals surface area contributed by atoms with E-state index in [-0.39, 0.29) is 0 Å². The molecule has 8 aromatic carbocycles. The van der Waals surface area contributed by atoms with Crippen LogP contribution < -0.4 is 0 Å². The van der Waals surface area contributed by atoms with Crippen LogP contribution in [0.2, 0.25) is 0 Å². The first-order chi connectivity index (χ1) is 24.3. The van der Waals surface area contributed by atoms with Crippen molar-refractivity contribution in [3.05, 3.63) is 170 Å². The van der Waals surface area contributed by atoms with Crippen molar-refractivity contribution in [2.24, 2.45) is 0 Å². The summed E-state index contributed by atoms with van der Waals surface area (Å²) in [6, 6.07) is 59.9. The summed E-state index contributed by atoms with van der Waals surface area (Å²) in [5.74, 6) is 1.97. The van der Waals surface area contributed by atoms with E-state index in [1.807, 2.05) is 60.7 Å². The van der Waals surface area contributed by atoms with Gasteiger partial charge >= 0.3 is 0 Å². The average Bonchev–Trinajstić information content (AvgIpc) is 3.53. The number of rotatable bonds is 4. The van der Waals surface area contributed by atoms with Crippen molar-refractivity contribution in [1.29, 1.82) is 0 Å². The quantitative estimate of drug-likeness (QED) is 0.196. The lowest BCUT2D eigenvalue weighted by molar-refractivity contribution is 1.07. The molecule has 4 heteroatoms. The van der Waals surface area contributed by atoms with Crippen LogP contribution in [0.25, 0.3) is 94.0 Å². The van der Waals surface area contributed by atoms with Crippen LogP contribution in [0.15, 0.2) is 170 Å². The Hall–Kier alpha value is -6.65. The van der Waals surface area contributed by atoms with E-state index >= 15 is 0 Å². The van der Waals surface area contributed by atoms with Crippen LogP contribution in [0.5, 0.6) is 0 Å². The molecule has 0 spiro atoms. The summed E-state index contributed by atoms with van der Waals surface area (Å²) in [5.41, 5.74) is 6.40. The molecular formula is C45H28N4. The zero-order valence-corrected chi connectivity index (χ0v) is 26.5. The van der Waals surface area contributed by atoms with Crippen molar-refractivity contribution in [1.82, 2.24) is 19.5 Å². The number of nitrogens with zero attached hydrogens (tertiary/aromatic N) is 4. The Labute approximate surface area is 282 Å². The maximum atomic E-state index is 4.96. The van der Waals surface area contributed by atoms with Crippen LogP contribution in [-0.2, 0) is 0 Å². The number of hydrogen-bond acceptors (Lipinski definition) is 3. The molecule has 0 unspecified atom stereocenters. The summed E-state index contributed by atoms with van der Waals surface area (Å²) in [7, 11) is 0. The molecule has 2 aromatic heterocycles. The average molecular weight is 625 g/mol. The van der Waals surface area contributed by atoms with Crippen LogP contribution in [0.3, 0.4) is 0 Å². The molecule has 0 saturated carbocycles. The molecular weight excluding hydrogens is 597 g/mol. The third kappa shape index (κ3) is 4.49. The monoisotopic (exact) mass is 624 g/mol. The molecule has 0 aliphatic heterocycles. The first-order valence-corrected chi connectivity index (χ1v) is 16.5. The molecule has 2 heterocycles.